The van der Waals surface area contributed by atoms with Gasteiger partial charge in [0.25, 0.3) is 0 Å². The first-order valence-electron chi connectivity index (χ1n) is 4.97. The normalized spacial score (nSPS) is 11.6. The second-order valence-electron chi connectivity index (χ2n) is 3.50. The highest BCUT2D eigenvalue weighted by molar-refractivity contribution is 7.98. The van der Waals surface area contributed by atoms with Crippen LogP contribution in [0.1, 0.15) is 5.69 Å². The molecule has 17 heavy (non-hydrogen) atoms. The van der Waals surface area contributed by atoms with Crippen LogP contribution in [0.2, 0.25) is 0 Å². The van der Waals surface area contributed by atoms with Gasteiger partial charge in [0, 0.05) is 6.26 Å². The summed E-state index contributed by atoms with van der Waals surface area (Å²) in [6.07, 6.45) is 1.79. The van der Waals surface area contributed by atoms with Gasteiger partial charge in [0.1, 0.15) is 0 Å². The van der Waals surface area contributed by atoms with Gasteiger partial charge in [-0.3, -0.25) is 0 Å². The number of hydrogen-bond donors (Lipinski definition) is 0. The third kappa shape index (κ3) is 2.23. The Balaban J connectivity index is 2.60. The van der Waals surface area contributed by atoms with Gasteiger partial charge in [-0.05, 0) is 37.1 Å². The van der Waals surface area contributed by atoms with Gasteiger partial charge >= 0.3 is 0 Å². The molecule has 90 valence electrons. The Hall–Kier alpha value is -1.27. The van der Waals surface area contributed by atoms with E-state index >= 15 is 0 Å². The van der Waals surface area contributed by atoms with Crippen molar-refractivity contribution in [2.24, 2.45) is 0 Å². The van der Waals surface area contributed by atoms with E-state index in [0.717, 1.165) is 0 Å². The molecular formula is C11H12N2O2S2. The molecule has 2 rings (SSSR count). The van der Waals surface area contributed by atoms with E-state index in [1.165, 1.54) is 16.0 Å². The molecule has 2 aromatic rings. The SMILES string of the molecule is CSn1nc(C)cc1S(=O)(=O)c1ccccc1. The number of sulfone groups is 1. The van der Waals surface area contributed by atoms with Gasteiger partial charge in [-0.1, -0.05) is 18.2 Å². The molecule has 4 nitrogen and oxygen atoms in total. The molecule has 0 saturated carbocycles. The predicted octanol–water partition coefficient (Wildman–Crippen LogP) is 2.15. The molecule has 0 bridgehead atoms. The molecule has 0 radical (unpaired) electrons. The van der Waals surface area contributed by atoms with Crippen molar-refractivity contribution < 1.29 is 8.42 Å². The van der Waals surface area contributed by atoms with Crippen LogP contribution in [0.25, 0.3) is 0 Å². The average Bonchev–Trinajstić information content (AvgIpc) is 2.72. The molecule has 1 aromatic heterocycles. The van der Waals surface area contributed by atoms with Crippen LogP contribution in [-0.2, 0) is 9.84 Å². The van der Waals surface area contributed by atoms with Crippen molar-refractivity contribution in [2.45, 2.75) is 16.8 Å². The zero-order valence-corrected chi connectivity index (χ0v) is 11.1. The Morgan fingerprint density at radius 2 is 1.88 bits per heavy atom. The molecule has 0 N–H and O–H groups in total. The fourth-order valence-electron chi connectivity index (χ4n) is 1.49. The Labute approximate surface area is 105 Å². The summed E-state index contributed by atoms with van der Waals surface area (Å²) in [6.45, 7) is 1.77. The van der Waals surface area contributed by atoms with Crippen LogP contribution < -0.4 is 0 Å². The van der Waals surface area contributed by atoms with Crippen molar-refractivity contribution >= 4 is 21.8 Å². The van der Waals surface area contributed by atoms with E-state index in [1.54, 1.807) is 49.6 Å². The number of aryl methyl sites for hydroxylation is 1. The highest BCUT2D eigenvalue weighted by Crippen LogP contribution is 2.23. The van der Waals surface area contributed by atoms with E-state index in [9.17, 15) is 8.42 Å². The Kier molecular flexibility index (Phi) is 3.26. The second-order valence-corrected chi connectivity index (χ2v) is 6.10. The maximum absolute atomic E-state index is 12.4. The summed E-state index contributed by atoms with van der Waals surface area (Å²) in [5.41, 5.74) is 0.689. The third-order valence-electron chi connectivity index (χ3n) is 2.27. The molecule has 0 saturated heterocycles. The lowest BCUT2D eigenvalue weighted by molar-refractivity contribution is 0.590. The highest BCUT2D eigenvalue weighted by Gasteiger charge is 2.22. The average molecular weight is 268 g/mol. The minimum absolute atomic E-state index is 0.216. The van der Waals surface area contributed by atoms with Crippen molar-refractivity contribution in [3.8, 4) is 0 Å². The minimum Gasteiger partial charge on any atom is -0.217 e. The van der Waals surface area contributed by atoms with Crippen LogP contribution in [-0.4, -0.2) is 23.9 Å². The van der Waals surface area contributed by atoms with Crippen LogP contribution >= 0.6 is 11.9 Å². The molecule has 0 aliphatic carbocycles. The molecule has 0 aliphatic rings. The van der Waals surface area contributed by atoms with E-state index in [2.05, 4.69) is 5.10 Å². The second kappa shape index (κ2) is 4.54. The molecule has 1 heterocycles. The van der Waals surface area contributed by atoms with E-state index in [0.29, 0.717) is 5.69 Å². The van der Waals surface area contributed by atoms with Gasteiger partial charge < -0.3 is 0 Å². The zero-order valence-electron chi connectivity index (χ0n) is 9.49. The van der Waals surface area contributed by atoms with E-state index in [4.69, 9.17) is 0 Å². The molecule has 6 heteroatoms. The van der Waals surface area contributed by atoms with Crippen LogP contribution in [0.4, 0.5) is 0 Å². The predicted molar refractivity (Wildman–Crippen MR) is 67.8 cm³/mol. The van der Waals surface area contributed by atoms with Gasteiger partial charge in [0.15, 0.2) is 5.03 Å². The number of nitrogens with zero attached hydrogens (tertiary/aromatic N) is 2. The lowest BCUT2D eigenvalue weighted by Crippen LogP contribution is -2.06. The maximum Gasteiger partial charge on any atom is 0.224 e. The summed E-state index contributed by atoms with van der Waals surface area (Å²) in [6, 6.07) is 9.96. The molecular weight excluding hydrogens is 256 g/mol. The molecule has 0 spiro atoms. The van der Waals surface area contributed by atoms with Gasteiger partial charge in [-0.25, -0.2) is 8.42 Å². The zero-order chi connectivity index (χ0) is 12.5. The lowest BCUT2D eigenvalue weighted by atomic mass is 10.4. The Bertz CT molecular complexity index is 618. The summed E-state index contributed by atoms with van der Waals surface area (Å²) < 4.78 is 26.1. The first-order valence-corrected chi connectivity index (χ1v) is 7.63. The Morgan fingerprint density at radius 3 is 2.47 bits per heavy atom. The van der Waals surface area contributed by atoms with Crippen LogP contribution in [0.5, 0.6) is 0 Å². The van der Waals surface area contributed by atoms with E-state index in [-0.39, 0.29) is 9.92 Å². The lowest BCUT2D eigenvalue weighted by Gasteiger charge is -2.04. The standard InChI is InChI=1S/C11H12N2O2S2/c1-9-8-11(13(12-9)16-2)17(14,15)10-6-4-3-5-7-10/h3-8H,1-2H3. The van der Waals surface area contributed by atoms with Crippen molar-refractivity contribution in [1.29, 1.82) is 0 Å². The molecule has 0 amide bonds. The number of rotatable bonds is 3. The summed E-state index contributed by atoms with van der Waals surface area (Å²) >= 11 is 1.26. The first kappa shape index (κ1) is 12.2. The van der Waals surface area contributed by atoms with Crippen LogP contribution in [0, 0.1) is 6.92 Å². The van der Waals surface area contributed by atoms with Crippen molar-refractivity contribution in [3.63, 3.8) is 0 Å². The Morgan fingerprint density at radius 1 is 1.24 bits per heavy atom. The number of benzene rings is 1. The van der Waals surface area contributed by atoms with E-state index < -0.39 is 9.84 Å². The van der Waals surface area contributed by atoms with Gasteiger partial charge in [-0.15, -0.1) is 0 Å². The summed E-state index contributed by atoms with van der Waals surface area (Å²) in [5, 5.41) is 4.34. The summed E-state index contributed by atoms with van der Waals surface area (Å²) in [7, 11) is -3.48. The van der Waals surface area contributed by atoms with Crippen LogP contribution in [0.3, 0.4) is 0 Å². The topological polar surface area (TPSA) is 52.0 Å². The third-order valence-corrected chi connectivity index (χ3v) is 4.75. The van der Waals surface area contributed by atoms with Gasteiger partial charge in [-0.2, -0.15) is 9.19 Å². The first-order chi connectivity index (χ1) is 8.05. The largest absolute Gasteiger partial charge is 0.224 e. The maximum atomic E-state index is 12.4. The molecule has 1 aromatic carbocycles. The van der Waals surface area contributed by atoms with Crippen LogP contribution in [0.15, 0.2) is 46.3 Å². The number of aromatic nitrogens is 2. The quantitative estimate of drug-likeness (QED) is 0.856. The molecule has 0 atom stereocenters. The fourth-order valence-corrected chi connectivity index (χ4v) is 3.78. The fraction of sp³-hybridized carbons (Fsp3) is 0.182. The van der Waals surface area contributed by atoms with Gasteiger partial charge in [0.05, 0.1) is 10.6 Å². The highest BCUT2D eigenvalue weighted by atomic mass is 32.2. The van der Waals surface area contributed by atoms with E-state index in [1.807, 2.05) is 0 Å². The molecule has 0 unspecified atom stereocenters. The monoisotopic (exact) mass is 268 g/mol. The van der Waals surface area contributed by atoms with Crippen molar-refractivity contribution in [3.05, 3.63) is 42.1 Å². The van der Waals surface area contributed by atoms with Gasteiger partial charge in [0.2, 0.25) is 9.84 Å². The number of hydrogen-bond acceptors (Lipinski definition) is 4. The molecule has 0 fully saturated rings. The van der Waals surface area contributed by atoms with Crippen molar-refractivity contribution in [2.75, 3.05) is 6.26 Å². The summed E-state index contributed by atoms with van der Waals surface area (Å²) in [5.74, 6) is 0. The van der Waals surface area contributed by atoms with Crippen molar-refractivity contribution in [1.82, 2.24) is 9.19 Å². The smallest absolute Gasteiger partial charge is 0.217 e. The molecule has 0 aliphatic heterocycles. The minimum atomic E-state index is -3.48. The summed E-state index contributed by atoms with van der Waals surface area (Å²) in [4.78, 5) is 0.287.